The summed E-state index contributed by atoms with van der Waals surface area (Å²) in [6.45, 7) is 1.90. The second kappa shape index (κ2) is 4.79. The number of carbonyl (C=O) groups is 1. The third-order valence-electron chi connectivity index (χ3n) is 2.11. The fourth-order valence-corrected chi connectivity index (χ4v) is 1.00. The van der Waals surface area contributed by atoms with E-state index in [1.165, 1.54) is 12.1 Å². The Morgan fingerprint density at radius 3 is 2.67 bits per heavy atom. The SMILES string of the molecule is CC(Oc1cccc(C(=O)O)c1)N(C)C. The number of rotatable bonds is 4. The Labute approximate surface area is 89.1 Å². The number of carboxylic acids is 1. The predicted molar refractivity (Wildman–Crippen MR) is 57.2 cm³/mol. The molecule has 0 saturated heterocycles. The van der Waals surface area contributed by atoms with E-state index in [9.17, 15) is 4.79 Å². The summed E-state index contributed by atoms with van der Waals surface area (Å²) in [6, 6.07) is 6.46. The normalized spacial score (nSPS) is 12.5. The molecule has 0 fully saturated rings. The van der Waals surface area contributed by atoms with Crippen LogP contribution in [0.5, 0.6) is 5.75 Å². The van der Waals surface area contributed by atoms with Gasteiger partial charge in [0.1, 0.15) is 12.0 Å². The van der Waals surface area contributed by atoms with Crippen LogP contribution in [0.25, 0.3) is 0 Å². The van der Waals surface area contributed by atoms with Crippen molar-refractivity contribution in [3.8, 4) is 5.75 Å². The molecule has 1 rings (SSSR count). The Bertz CT molecular complexity index is 349. The average Bonchev–Trinajstić information content (AvgIpc) is 2.18. The number of ether oxygens (including phenoxy) is 1. The Balaban J connectivity index is 2.78. The van der Waals surface area contributed by atoms with Crippen molar-refractivity contribution in [3.63, 3.8) is 0 Å². The smallest absolute Gasteiger partial charge is 0.335 e. The maximum Gasteiger partial charge on any atom is 0.335 e. The first kappa shape index (κ1) is 11.5. The standard InChI is InChI=1S/C11H15NO3/c1-8(12(2)3)15-10-6-4-5-9(7-10)11(13)14/h4-8H,1-3H3,(H,13,14). The first-order chi connectivity index (χ1) is 7.00. The molecule has 1 N–H and O–H groups in total. The fraction of sp³-hybridized carbons (Fsp3) is 0.364. The molecule has 0 aromatic heterocycles. The number of benzene rings is 1. The fourth-order valence-electron chi connectivity index (χ4n) is 1.00. The van der Waals surface area contributed by atoms with E-state index in [0.717, 1.165) is 0 Å². The summed E-state index contributed by atoms with van der Waals surface area (Å²) in [5, 5.41) is 8.79. The lowest BCUT2D eigenvalue weighted by atomic mass is 10.2. The van der Waals surface area contributed by atoms with Crippen LogP contribution in [0.3, 0.4) is 0 Å². The molecule has 0 aliphatic heterocycles. The second-order valence-electron chi connectivity index (χ2n) is 3.51. The van der Waals surface area contributed by atoms with Crippen LogP contribution in [0, 0.1) is 0 Å². The molecular weight excluding hydrogens is 194 g/mol. The van der Waals surface area contributed by atoms with Crippen molar-refractivity contribution in [1.29, 1.82) is 0 Å². The van der Waals surface area contributed by atoms with Crippen LogP contribution in [0.4, 0.5) is 0 Å². The van der Waals surface area contributed by atoms with Gasteiger partial charge in [-0.15, -0.1) is 0 Å². The van der Waals surface area contributed by atoms with Crippen LogP contribution in [-0.2, 0) is 0 Å². The Kier molecular flexibility index (Phi) is 3.68. The van der Waals surface area contributed by atoms with Gasteiger partial charge in [0.05, 0.1) is 5.56 Å². The molecule has 15 heavy (non-hydrogen) atoms. The summed E-state index contributed by atoms with van der Waals surface area (Å²) in [5.41, 5.74) is 0.235. The van der Waals surface area contributed by atoms with E-state index < -0.39 is 5.97 Å². The third kappa shape index (κ3) is 3.25. The number of nitrogens with zero attached hydrogens (tertiary/aromatic N) is 1. The molecule has 1 aromatic rings. The predicted octanol–water partition coefficient (Wildman–Crippen LogP) is 1.67. The number of hydrogen-bond acceptors (Lipinski definition) is 3. The van der Waals surface area contributed by atoms with E-state index in [2.05, 4.69) is 0 Å². The Hall–Kier alpha value is -1.55. The molecule has 0 aliphatic carbocycles. The van der Waals surface area contributed by atoms with Crippen molar-refractivity contribution in [2.24, 2.45) is 0 Å². The minimum atomic E-state index is -0.946. The van der Waals surface area contributed by atoms with Gasteiger partial charge in [0.25, 0.3) is 0 Å². The second-order valence-corrected chi connectivity index (χ2v) is 3.51. The highest BCUT2D eigenvalue weighted by Gasteiger charge is 2.08. The molecule has 82 valence electrons. The molecular formula is C11H15NO3. The largest absolute Gasteiger partial charge is 0.478 e. The highest BCUT2D eigenvalue weighted by molar-refractivity contribution is 5.87. The summed E-state index contributed by atoms with van der Waals surface area (Å²) in [4.78, 5) is 12.6. The van der Waals surface area contributed by atoms with Crippen molar-refractivity contribution in [2.75, 3.05) is 14.1 Å². The first-order valence-corrected chi connectivity index (χ1v) is 4.67. The lowest BCUT2D eigenvalue weighted by molar-refractivity contribution is 0.0689. The van der Waals surface area contributed by atoms with Gasteiger partial charge in [0.15, 0.2) is 0 Å². The maximum absolute atomic E-state index is 10.7. The monoisotopic (exact) mass is 209 g/mol. The van der Waals surface area contributed by atoms with Crippen LogP contribution in [0.15, 0.2) is 24.3 Å². The van der Waals surface area contributed by atoms with E-state index in [0.29, 0.717) is 5.75 Å². The molecule has 4 nitrogen and oxygen atoms in total. The molecule has 1 aromatic carbocycles. The molecule has 0 heterocycles. The molecule has 0 bridgehead atoms. The molecule has 0 saturated carbocycles. The topological polar surface area (TPSA) is 49.8 Å². The zero-order valence-corrected chi connectivity index (χ0v) is 9.10. The molecule has 1 unspecified atom stereocenters. The number of aromatic carboxylic acids is 1. The van der Waals surface area contributed by atoms with Gasteiger partial charge in [-0.05, 0) is 39.2 Å². The first-order valence-electron chi connectivity index (χ1n) is 4.67. The molecule has 4 heteroatoms. The summed E-state index contributed by atoms with van der Waals surface area (Å²) in [7, 11) is 3.79. The molecule has 0 spiro atoms. The van der Waals surface area contributed by atoms with Crippen molar-refractivity contribution in [3.05, 3.63) is 29.8 Å². The molecule has 0 radical (unpaired) electrons. The van der Waals surface area contributed by atoms with E-state index in [-0.39, 0.29) is 11.8 Å². The van der Waals surface area contributed by atoms with Crippen LogP contribution < -0.4 is 4.74 Å². The van der Waals surface area contributed by atoms with Gasteiger partial charge in [0, 0.05) is 0 Å². The molecule has 0 aliphatic rings. The van der Waals surface area contributed by atoms with E-state index in [1.807, 2.05) is 25.9 Å². The Morgan fingerprint density at radius 2 is 2.13 bits per heavy atom. The van der Waals surface area contributed by atoms with Gasteiger partial charge >= 0.3 is 5.97 Å². The summed E-state index contributed by atoms with van der Waals surface area (Å²) in [5.74, 6) is -0.381. The molecule has 0 amide bonds. The lowest BCUT2D eigenvalue weighted by Gasteiger charge is -2.21. The Morgan fingerprint density at radius 1 is 1.47 bits per heavy atom. The zero-order chi connectivity index (χ0) is 11.4. The van der Waals surface area contributed by atoms with E-state index in [1.54, 1.807) is 12.1 Å². The lowest BCUT2D eigenvalue weighted by Crippen LogP contribution is -2.30. The number of hydrogen-bond donors (Lipinski definition) is 1. The van der Waals surface area contributed by atoms with Crippen LogP contribution >= 0.6 is 0 Å². The highest BCUT2D eigenvalue weighted by Crippen LogP contribution is 2.15. The molecule has 1 atom stereocenters. The zero-order valence-electron chi connectivity index (χ0n) is 9.10. The van der Waals surface area contributed by atoms with Crippen LogP contribution in [-0.4, -0.2) is 36.3 Å². The maximum atomic E-state index is 10.7. The minimum Gasteiger partial charge on any atom is -0.478 e. The minimum absolute atomic E-state index is 0.0888. The summed E-state index contributed by atoms with van der Waals surface area (Å²) >= 11 is 0. The van der Waals surface area contributed by atoms with E-state index >= 15 is 0 Å². The van der Waals surface area contributed by atoms with Crippen molar-refractivity contribution >= 4 is 5.97 Å². The van der Waals surface area contributed by atoms with Gasteiger partial charge in [-0.1, -0.05) is 6.07 Å². The number of carboxylic acid groups (broad SMARTS) is 1. The van der Waals surface area contributed by atoms with Crippen LogP contribution in [0.2, 0.25) is 0 Å². The summed E-state index contributed by atoms with van der Waals surface area (Å²) < 4.78 is 5.53. The van der Waals surface area contributed by atoms with Gasteiger partial charge in [0.2, 0.25) is 0 Å². The van der Waals surface area contributed by atoms with Gasteiger partial charge in [-0.2, -0.15) is 0 Å². The van der Waals surface area contributed by atoms with Crippen LogP contribution in [0.1, 0.15) is 17.3 Å². The summed E-state index contributed by atoms with van der Waals surface area (Å²) in [6.07, 6.45) is -0.0888. The van der Waals surface area contributed by atoms with Crippen molar-refractivity contribution in [2.45, 2.75) is 13.2 Å². The highest BCUT2D eigenvalue weighted by atomic mass is 16.5. The van der Waals surface area contributed by atoms with E-state index in [4.69, 9.17) is 9.84 Å². The van der Waals surface area contributed by atoms with Crippen molar-refractivity contribution < 1.29 is 14.6 Å². The van der Waals surface area contributed by atoms with Crippen molar-refractivity contribution in [1.82, 2.24) is 4.90 Å². The van der Waals surface area contributed by atoms with Gasteiger partial charge in [-0.3, -0.25) is 4.90 Å². The average molecular weight is 209 g/mol. The van der Waals surface area contributed by atoms with Gasteiger partial charge < -0.3 is 9.84 Å². The third-order valence-corrected chi connectivity index (χ3v) is 2.11. The quantitative estimate of drug-likeness (QED) is 0.766. The van der Waals surface area contributed by atoms with Gasteiger partial charge in [-0.25, -0.2) is 4.79 Å².